The molecule has 240 valence electrons. The van der Waals surface area contributed by atoms with E-state index in [1.807, 2.05) is 16.8 Å². The van der Waals surface area contributed by atoms with Gasteiger partial charge in [-0.2, -0.15) is 5.10 Å². The summed E-state index contributed by atoms with van der Waals surface area (Å²) in [4.78, 5) is 9.29. The van der Waals surface area contributed by atoms with Gasteiger partial charge in [-0.25, -0.2) is 27.2 Å². The first-order valence-corrected chi connectivity index (χ1v) is 17.3. The van der Waals surface area contributed by atoms with E-state index in [1.54, 1.807) is 18.2 Å². The lowest BCUT2D eigenvalue weighted by atomic mass is 10.0. The molecular weight excluding hydrogens is 606 g/mol. The highest BCUT2D eigenvalue weighted by atomic mass is 32.2. The van der Waals surface area contributed by atoms with Gasteiger partial charge in [0.2, 0.25) is 0 Å². The van der Waals surface area contributed by atoms with Gasteiger partial charge in [-0.3, -0.25) is 9.25 Å². The third-order valence-corrected chi connectivity index (χ3v) is 9.70. The number of anilines is 2. The lowest BCUT2D eigenvalue weighted by Crippen LogP contribution is -2.20. The van der Waals surface area contributed by atoms with Gasteiger partial charge in [-0.05, 0) is 68.4 Å². The molecule has 2 atom stereocenters. The molecule has 1 aromatic carbocycles. The van der Waals surface area contributed by atoms with Gasteiger partial charge in [0, 0.05) is 25.9 Å². The number of halogens is 2. The Morgan fingerprint density at radius 1 is 0.978 bits per heavy atom. The number of nitrogens with one attached hydrogen (secondary N) is 1. The van der Waals surface area contributed by atoms with Gasteiger partial charge in [0.15, 0.2) is 21.3 Å². The van der Waals surface area contributed by atoms with Crippen LogP contribution in [-0.2, 0) is 43.6 Å². The van der Waals surface area contributed by atoms with Crippen LogP contribution in [0.4, 0.5) is 20.2 Å². The van der Waals surface area contributed by atoms with E-state index in [4.69, 9.17) is 24.3 Å². The average molecular weight is 643 g/mol. The van der Waals surface area contributed by atoms with Gasteiger partial charge in [0.25, 0.3) is 6.43 Å². The number of rotatable bonds is 8. The summed E-state index contributed by atoms with van der Waals surface area (Å²) < 4.78 is 75.8. The zero-order chi connectivity index (χ0) is 31.1. The Morgan fingerprint density at radius 3 is 2.51 bits per heavy atom. The summed E-state index contributed by atoms with van der Waals surface area (Å²) in [6.07, 6.45) is 2.80. The van der Waals surface area contributed by atoms with Crippen molar-refractivity contribution in [1.82, 2.24) is 24.3 Å². The number of aromatic nitrogens is 5. The fourth-order valence-electron chi connectivity index (χ4n) is 6.41. The summed E-state index contributed by atoms with van der Waals surface area (Å²) in [7, 11) is -3.69. The minimum atomic E-state index is -3.69. The SMILES string of the molecule is CS(=O)(=O)c1cc([C@@H]2CCCCO2)ccc1Nc1cc(Cc2cc3n(n2)CCOC3)nc2c1nc(C(F)F)n2C1CCCCO1. The number of benzene rings is 1. The zero-order valence-corrected chi connectivity index (χ0v) is 25.9. The van der Waals surface area contributed by atoms with E-state index in [-0.39, 0.29) is 22.2 Å². The van der Waals surface area contributed by atoms with Crippen molar-refractivity contribution in [1.29, 1.82) is 0 Å². The second-order valence-corrected chi connectivity index (χ2v) is 13.9. The Morgan fingerprint density at radius 2 is 1.80 bits per heavy atom. The molecule has 6 heterocycles. The number of hydrogen-bond acceptors (Lipinski definition) is 9. The normalized spacial score (nSPS) is 20.9. The van der Waals surface area contributed by atoms with E-state index >= 15 is 0 Å². The maximum atomic E-state index is 14.5. The predicted octanol–water partition coefficient (Wildman–Crippen LogP) is 5.77. The summed E-state index contributed by atoms with van der Waals surface area (Å²) in [6, 6.07) is 8.88. The van der Waals surface area contributed by atoms with Gasteiger partial charge in [-0.15, -0.1) is 0 Å². The van der Waals surface area contributed by atoms with E-state index in [1.165, 1.54) is 4.57 Å². The van der Waals surface area contributed by atoms with Crippen LogP contribution in [0.25, 0.3) is 11.2 Å². The van der Waals surface area contributed by atoms with Crippen LogP contribution in [0.3, 0.4) is 0 Å². The molecule has 2 saturated heterocycles. The third kappa shape index (κ3) is 6.20. The first kappa shape index (κ1) is 30.2. The molecule has 0 saturated carbocycles. The summed E-state index contributed by atoms with van der Waals surface area (Å²) >= 11 is 0. The Labute approximate surface area is 259 Å². The van der Waals surface area contributed by atoms with Crippen LogP contribution in [-0.4, -0.2) is 58.8 Å². The molecule has 0 bridgehead atoms. The molecule has 4 aromatic rings. The minimum Gasteiger partial charge on any atom is -0.374 e. The van der Waals surface area contributed by atoms with Crippen molar-refractivity contribution in [3.8, 4) is 0 Å². The highest BCUT2D eigenvalue weighted by Crippen LogP contribution is 2.38. The number of imidazole rings is 1. The standard InChI is InChI=1S/C31H36F2N6O5S/c1-45(40,41)26-14-19(25-6-2-4-11-43-25)8-9-23(26)35-24-17-20(15-21-16-22-18-42-13-10-38(22)37-21)34-30-28(24)36-31(29(32)33)39(30)27-7-3-5-12-44-27/h8-9,14,16-17,25,27,29H,2-7,10-13,15,18H2,1H3,(H,34,35)/t25-,27?/m0/s1. The monoisotopic (exact) mass is 642 g/mol. The molecule has 7 rings (SSSR count). The summed E-state index contributed by atoms with van der Waals surface area (Å²) in [5, 5.41) is 7.95. The van der Waals surface area contributed by atoms with Gasteiger partial charge >= 0.3 is 0 Å². The van der Waals surface area contributed by atoms with Gasteiger partial charge in [-0.1, -0.05) is 6.07 Å². The molecule has 11 nitrogen and oxygen atoms in total. The molecule has 0 radical (unpaired) electrons. The van der Waals surface area contributed by atoms with Crippen LogP contribution in [0.15, 0.2) is 35.2 Å². The molecule has 45 heavy (non-hydrogen) atoms. The molecule has 0 amide bonds. The molecule has 3 aliphatic heterocycles. The van der Waals surface area contributed by atoms with Gasteiger partial charge in [0.1, 0.15) is 11.7 Å². The van der Waals surface area contributed by atoms with E-state index in [0.29, 0.717) is 62.9 Å². The summed E-state index contributed by atoms with van der Waals surface area (Å²) in [5.74, 6) is -0.438. The zero-order valence-electron chi connectivity index (χ0n) is 25.0. The fraction of sp³-hybridized carbons (Fsp3) is 0.516. The second kappa shape index (κ2) is 12.4. The highest BCUT2D eigenvalue weighted by Gasteiger charge is 2.30. The molecule has 2 fully saturated rings. The molecule has 1 N–H and O–H groups in total. The largest absolute Gasteiger partial charge is 0.374 e. The average Bonchev–Trinajstić information content (AvgIpc) is 3.63. The molecule has 1 unspecified atom stereocenters. The Hall–Kier alpha value is -3.46. The molecule has 0 spiro atoms. The van der Waals surface area contributed by atoms with Crippen molar-refractivity contribution in [3.63, 3.8) is 0 Å². The number of fused-ring (bicyclic) bond motifs is 2. The van der Waals surface area contributed by atoms with Crippen LogP contribution >= 0.6 is 0 Å². The maximum absolute atomic E-state index is 14.5. The van der Waals surface area contributed by atoms with E-state index in [9.17, 15) is 17.2 Å². The van der Waals surface area contributed by atoms with E-state index < -0.39 is 28.3 Å². The lowest BCUT2D eigenvalue weighted by Gasteiger charge is -2.25. The van der Waals surface area contributed by atoms with Crippen molar-refractivity contribution in [3.05, 3.63) is 58.8 Å². The second-order valence-electron chi connectivity index (χ2n) is 11.9. The molecule has 0 aliphatic carbocycles. The Kier molecular flexibility index (Phi) is 8.31. The summed E-state index contributed by atoms with van der Waals surface area (Å²) in [5.41, 5.74) is 4.20. The van der Waals surface area contributed by atoms with Crippen molar-refractivity contribution in [2.75, 3.05) is 31.4 Å². The topological polar surface area (TPSA) is 122 Å². The lowest BCUT2D eigenvalue weighted by molar-refractivity contribution is -0.0363. The number of ether oxygens (including phenoxy) is 3. The Balaban J connectivity index is 1.35. The molecule has 3 aliphatic rings. The van der Waals surface area contributed by atoms with E-state index in [2.05, 4.69) is 10.3 Å². The van der Waals surface area contributed by atoms with Crippen LogP contribution in [0, 0.1) is 0 Å². The number of alkyl halides is 2. The number of nitrogens with zero attached hydrogens (tertiary/aromatic N) is 5. The number of sulfone groups is 1. The maximum Gasteiger partial charge on any atom is 0.295 e. The quantitative estimate of drug-likeness (QED) is 0.255. The highest BCUT2D eigenvalue weighted by molar-refractivity contribution is 7.90. The van der Waals surface area contributed by atoms with Crippen LogP contribution in [0.1, 0.15) is 85.8 Å². The molecule has 3 aromatic heterocycles. The van der Waals surface area contributed by atoms with Crippen LogP contribution < -0.4 is 5.32 Å². The van der Waals surface area contributed by atoms with E-state index in [0.717, 1.165) is 55.3 Å². The van der Waals surface area contributed by atoms with Crippen molar-refractivity contribution in [2.24, 2.45) is 0 Å². The minimum absolute atomic E-state index is 0.0894. The van der Waals surface area contributed by atoms with Gasteiger partial charge in [0.05, 0.1) is 59.2 Å². The molecular formula is C31H36F2N6O5S. The number of pyridine rings is 1. The number of hydrogen-bond donors (Lipinski definition) is 1. The smallest absolute Gasteiger partial charge is 0.295 e. The van der Waals surface area contributed by atoms with Crippen molar-refractivity contribution >= 4 is 32.4 Å². The van der Waals surface area contributed by atoms with Crippen LogP contribution in [0.5, 0.6) is 0 Å². The predicted molar refractivity (Wildman–Crippen MR) is 161 cm³/mol. The van der Waals surface area contributed by atoms with Crippen molar-refractivity contribution < 1.29 is 31.4 Å². The van der Waals surface area contributed by atoms with Gasteiger partial charge < -0.3 is 19.5 Å². The van der Waals surface area contributed by atoms with Crippen LogP contribution in [0.2, 0.25) is 0 Å². The fourth-order valence-corrected chi connectivity index (χ4v) is 7.27. The molecule has 14 heteroatoms. The third-order valence-electron chi connectivity index (χ3n) is 8.57. The summed E-state index contributed by atoms with van der Waals surface area (Å²) in [6.45, 7) is 2.77. The first-order chi connectivity index (χ1) is 21.7. The first-order valence-electron chi connectivity index (χ1n) is 15.4. The van der Waals surface area contributed by atoms with Crippen molar-refractivity contribution in [2.45, 2.75) is 81.8 Å². The Bertz CT molecular complexity index is 1790.